The van der Waals surface area contributed by atoms with Crippen LogP contribution in [-0.2, 0) is 6.18 Å². The van der Waals surface area contributed by atoms with Gasteiger partial charge in [0.05, 0.1) is 22.5 Å². The maximum Gasteiger partial charge on any atom is 0.417 e. The van der Waals surface area contributed by atoms with E-state index in [2.05, 4.69) is 35.9 Å². The molecule has 0 atom stereocenters. The van der Waals surface area contributed by atoms with Crippen LogP contribution in [0.3, 0.4) is 0 Å². The molecule has 0 fully saturated rings. The van der Waals surface area contributed by atoms with Gasteiger partial charge in [-0.2, -0.15) is 18.2 Å². The molecular formula is C18H13ClF3N7O2S. The monoisotopic (exact) mass is 483 g/mol. The smallest absolute Gasteiger partial charge is 0.352 e. The lowest BCUT2D eigenvalue weighted by atomic mass is 10.2. The first kappa shape index (κ1) is 23.2. The number of alkyl halides is 3. The molecule has 3 rings (SSSR count). The molecule has 0 aliphatic rings. The number of rotatable bonds is 5. The predicted octanol–water partition coefficient (Wildman–Crippen LogP) is 4.09. The van der Waals surface area contributed by atoms with Gasteiger partial charge in [-0.1, -0.05) is 11.6 Å². The van der Waals surface area contributed by atoms with Crippen LogP contribution in [0.5, 0.6) is 0 Å². The molecule has 0 radical (unpaired) electrons. The molecule has 0 saturated carbocycles. The van der Waals surface area contributed by atoms with E-state index in [4.69, 9.17) is 11.6 Å². The van der Waals surface area contributed by atoms with Gasteiger partial charge in [0.2, 0.25) is 5.82 Å². The number of nitrogens with zero attached hydrogens (tertiary/aromatic N) is 4. The molecule has 1 aromatic carbocycles. The van der Waals surface area contributed by atoms with E-state index in [9.17, 15) is 22.8 Å². The number of carbonyl (C=O) groups excluding carboxylic acids is 2. The highest BCUT2D eigenvalue weighted by atomic mass is 35.5. The van der Waals surface area contributed by atoms with Crippen LogP contribution in [0.1, 0.15) is 16.2 Å². The molecule has 32 heavy (non-hydrogen) atoms. The molecule has 3 aromatic rings. The number of pyridine rings is 1. The molecule has 166 valence electrons. The van der Waals surface area contributed by atoms with Gasteiger partial charge in [-0.05, 0) is 42.1 Å². The molecule has 0 unspecified atom stereocenters. The number of amides is 3. The van der Waals surface area contributed by atoms with E-state index in [1.165, 1.54) is 31.7 Å². The van der Waals surface area contributed by atoms with Crippen molar-refractivity contribution in [3.05, 3.63) is 59.3 Å². The van der Waals surface area contributed by atoms with E-state index in [1.54, 1.807) is 6.07 Å². The van der Waals surface area contributed by atoms with Crippen LogP contribution in [-0.4, -0.2) is 38.9 Å². The summed E-state index contributed by atoms with van der Waals surface area (Å²) in [6.07, 6.45) is -2.12. The van der Waals surface area contributed by atoms with Gasteiger partial charge in [0.1, 0.15) is 11.4 Å². The largest absolute Gasteiger partial charge is 0.417 e. The Bertz CT molecular complexity index is 1150. The number of halogens is 4. The molecule has 0 aliphatic heterocycles. The van der Waals surface area contributed by atoms with Crippen molar-refractivity contribution in [3.8, 4) is 0 Å². The second-order valence-electron chi connectivity index (χ2n) is 5.93. The van der Waals surface area contributed by atoms with Crippen molar-refractivity contribution in [1.29, 1.82) is 0 Å². The Balaban J connectivity index is 1.62. The van der Waals surface area contributed by atoms with E-state index in [1.807, 2.05) is 0 Å². The van der Waals surface area contributed by atoms with Gasteiger partial charge in [0.15, 0.2) is 5.16 Å². The minimum absolute atomic E-state index is 0.0455. The summed E-state index contributed by atoms with van der Waals surface area (Å²) in [5.74, 6) is -0.508. The number of nitrogens with one attached hydrogen (secondary N) is 3. The number of hydrogen-bond acceptors (Lipinski definition) is 7. The Labute approximate surface area is 188 Å². The van der Waals surface area contributed by atoms with Crippen molar-refractivity contribution >= 4 is 46.7 Å². The number of aromatic nitrogens is 4. The number of carbonyl (C=O) groups is 2. The lowest BCUT2D eigenvalue weighted by Gasteiger charge is -2.12. The van der Waals surface area contributed by atoms with Gasteiger partial charge in [-0.3, -0.25) is 4.79 Å². The maximum absolute atomic E-state index is 12.9. The fourth-order valence-electron chi connectivity index (χ4n) is 2.27. The molecule has 0 bridgehead atoms. The topological polar surface area (TPSA) is 122 Å². The van der Waals surface area contributed by atoms with Crippen molar-refractivity contribution < 1.29 is 22.8 Å². The van der Waals surface area contributed by atoms with E-state index < -0.39 is 28.7 Å². The van der Waals surface area contributed by atoms with Crippen molar-refractivity contribution in [2.75, 3.05) is 17.7 Å². The van der Waals surface area contributed by atoms with Gasteiger partial charge in [-0.25, -0.2) is 19.7 Å². The normalized spacial score (nSPS) is 11.0. The van der Waals surface area contributed by atoms with E-state index >= 15 is 0 Å². The zero-order chi connectivity index (χ0) is 23.3. The lowest BCUT2D eigenvalue weighted by Crippen LogP contribution is -2.21. The first-order valence-corrected chi connectivity index (χ1v) is 9.85. The standard InChI is InChI=1S/C18H13ClF3N7O2S/c1-23-15(30)14-25-8-26-17(29-14)32-13-5-3-10(7-24-13)28-16(31)27-9-2-4-12(19)11(6-9)18(20,21)22/h2-8H,1H3,(H,23,30)(H2,27,28,31). The lowest BCUT2D eigenvalue weighted by molar-refractivity contribution is -0.137. The van der Waals surface area contributed by atoms with Crippen LogP contribution in [0.2, 0.25) is 5.02 Å². The average Bonchev–Trinajstić information content (AvgIpc) is 2.75. The predicted molar refractivity (Wildman–Crippen MR) is 111 cm³/mol. The van der Waals surface area contributed by atoms with Crippen molar-refractivity contribution in [1.82, 2.24) is 25.3 Å². The SMILES string of the molecule is CNC(=O)c1ncnc(Sc2ccc(NC(=O)Nc3ccc(Cl)c(C(F)(F)F)c3)cn2)n1. The molecule has 3 N–H and O–H groups in total. The minimum atomic E-state index is -4.65. The van der Waals surface area contributed by atoms with Crippen molar-refractivity contribution in [3.63, 3.8) is 0 Å². The van der Waals surface area contributed by atoms with Crippen LogP contribution in [0, 0.1) is 0 Å². The van der Waals surface area contributed by atoms with Crippen LogP contribution in [0.25, 0.3) is 0 Å². The first-order valence-electron chi connectivity index (χ1n) is 8.65. The second-order valence-corrected chi connectivity index (χ2v) is 7.32. The third kappa shape index (κ3) is 6.04. The fraction of sp³-hybridized carbons (Fsp3) is 0.111. The van der Waals surface area contributed by atoms with Gasteiger partial charge in [0.25, 0.3) is 5.91 Å². The van der Waals surface area contributed by atoms with Crippen LogP contribution < -0.4 is 16.0 Å². The molecule has 3 amide bonds. The summed E-state index contributed by atoms with van der Waals surface area (Å²) in [5.41, 5.74) is -0.849. The molecule has 9 nitrogen and oxygen atoms in total. The highest BCUT2D eigenvalue weighted by Gasteiger charge is 2.33. The summed E-state index contributed by atoms with van der Waals surface area (Å²) in [4.78, 5) is 39.5. The van der Waals surface area contributed by atoms with Crippen molar-refractivity contribution in [2.45, 2.75) is 16.4 Å². The Morgan fingerprint density at radius 2 is 1.75 bits per heavy atom. The second kappa shape index (κ2) is 9.78. The molecule has 2 heterocycles. The quantitative estimate of drug-likeness (QED) is 0.499. The maximum atomic E-state index is 12.9. The Kier molecular flexibility index (Phi) is 7.10. The highest BCUT2D eigenvalue weighted by Crippen LogP contribution is 2.36. The van der Waals surface area contributed by atoms with Gasteiger partial charge < -0.3 is 16.0 Å². The minimum Gasteiger partial charge on any atom is -0.352 e. The molecule has 0 spiro atoms. The van der Waals surface area contributed by atoms with E-state index in [-0.39, 0.29) is 16.7 Å². The average molecular weight is 484 g/mol. The van der Waals surface area contributed by atoms with E-state index in [0.29, 0.717) is 10.7 Å². The third-order valence-corrected chi connectivity index (χ3v) is 4.86. The Morgan fingerprint density at radius 3 is 2.41 bits per heavy atom. The molecule has 0 aliphatic carbocycles. The summed E-state index contributed by atoms with van der Waals surface area (Å²) in [7, 11) is 1.45. The number of urea groups is 1. The molecule has 0 saturated heterocycles. The van der Waals surface area contributed by atoms with Gasteiger partial charge >= 0.3 is 12.2 Å². The van der Waals surface area contributed by atoms with Crippen molar-refractivity contribution in [2.24, 2.45) is 0 Å². The zero-order valence-corrected chi connectivity index (χ0v) is 17.6. The number of anilines is 2. The fourth-order valence-corrected chi connectivity index (χ4v) is 3.16. The molecular weight excluding hydrogens is 471 g/mol. The number of benzene rings is 1. The summed E-state index contributed by atoms with van der Waals surface area (Å²) in [6.45, 7) is 0. The third-order valence-electron chi connectivity index (χ3n) is 3.70. The van der Waals surface area contributed by atoms with Crippen LogP contribution in [0.4, 0.5) is 29.3 Å². The summed E-state index contributed by atoms with van der Waals surface area (Å²) >= 11 is 6.63. The summed E-state index contributed by atoms with van der Waals surface area (Å²) < 4.78 is 38.8. The summed E-state index contributed by atoms with van der Waals surface area (Å²) in [5, 5.41) is 7.40. The Morgan fingerprint density at radius 1 is 1.03 bits per heavy atom. The first-order chi connectivity index (χ1) is 15.2. The number of hydrogen-bond donors (Lipinski definition) is 3. The zero-order valence-electron chi connectivity index (χ0n) is 16.1. The van der Waals surface area contributed by atoms with Gasteiger partial charge in [0, 0.05) is 12.7 Å². The Hall–Kier alpha value is -3.45. The van der Waals surface area contributed by atoms with Crippen LogP contribution >= 0.6 is 23.4 Å². The summed E-state index contributed by atoms with van der Waals surface area (Å²) in [6, 6.07) is 5.35. The van der Waals surface area contributed by atoms with Crippen LogP contribution in [0.15, 0.2) is 53.0 Å². The highest BCUT2D eigenvalue weighted by molar-refractivity contribution is 7.99. The molecule has 14 heteroatoms. The van der Waals surface area contributed by atoms with Gasteiger partial charge in [-0.15, -0.1) is 0 Å². The van der Waals surface area contributed by atoms with E-state index in [0.717, 1.165) is 23.9 Å². The molecule has 2 aromatic heterocycles.